The molecule has 220 valence electrons. The second kappa shape index (κ2) is 14.9. The number of hydrogen-bond acceptors (Lipinski definition) is 6. The van der Waals surface area contributed by atoms with Crippen molar-refractivity contribution in [1.29, 1.82) is 0 Å². The summed E-state index contributed by atoms with van der Waals surface area (Å²) in [5.41, 5.74) is 1.27. The van der Waals surface area contributed by atoms with Gasteiger partial charge in [0, 0.05) is 25.6 Å². The molecule has 2 amide bonds. The molecule has 1 aliphatic rings. The maximum Gasteiger partial charge on any atom is 0.243 e. The van der Waals surface area contributed by atoms with Crippen LogP contribution in [0.5, 0.6) is 11.5 Å². The molecule has 1 fully saturated rings. The van der Waals surface area contributed by atoms with Crippen LogP contribution in [0.4, 0.5) is 5.69 Å². The lowest BCUT2D eigenvalue weighted by molar-refractivity contribution is -0.141. The third-order valence-corrected chi connectivity index (χ3v) is 8.51. The van der Waals surface area contributed by atoms with Crippen LogP contribution in [-0.4, -0.2) is 64.2 Å². The zero-order chi connectivity index (χ0) is 29.1. The predicted molar refractivity (Wildman–Crippen MR) is 157 cm³/mol. The van der Waals surface area contributed by atoms with Gasteiger partial charge in [0.1, 0.15) is 17.5 Å². The van der Waals surface area contributed by atoms with Crippen LogP contribution in [0.2, 0.25) is 0 Å². The Hall–Kier alpha value is -3.27. The van der Waals surface area contributed by atoms with E-state index in [0.717, 1.165) is 37.5 Å². The highest BCUT2D eigenvalue weighted by Gasteiger charge is 2.30. The summed E-state index contributed by atoms with van der Waals surface area (Å²) in [5.74, 6) is 0.758. The van der Waals surface area contributed by atoms with Crippen LogP contribution in [0.3, 0.4) is 0 Å². The van der Waals surface area contributed by atoms with E-state index in [0.29, 0.717) is 23.6 Å². The number of rotatable bonds is 14. The third-order valence-electron chi connectivity index (χ3n) is 7.33. The molecule has 0 heterocycles. The molecule has 1 N–H and O–H groups in total. The molecule has 1 saturated carbocycles. The van der Waals surface area contributed by atoms with Crippen molar-refractivity contribution in [3.05, 3.63) is 54.1 Å². The van der Waals surface area contributed by atoms with Gasteiger partial charge in [-0.2, -0.15) is 0 Å². The maximum absolute atomic E-state index is 13.7. The average Bonchev–Trinajstić information content (AvgIpc) is 2.95. The molecule has 0 saturated heterocycles. The van der Waals surface area contributed by atoms with E-state index in [1.54, 1.807) is 36.3 Å². The monoisotopic (exact) mass is 573 g/mol. The van der Waals surface area contributed by atoms with Gasteiger partial charge in [0.05, 0.1) is 26.2 Å². The van der Waals surface area contributed by atoms with Gasteiger partial charge in [-0.15, -0.1) is 0 Å². The molecule has 0 aromatic heterocycles. The van der Waals surface area contributed by atoms with Gasteiger partial charge < -0.3 is 19.7 Å². The Bertz CT molecular complexity index is 1230. The normalized spacial score (nSPS) is 14.7. The van der Waals surface area contributed by atoms with Crippen molar-refractivity contribution in [3.8, 4) is 11.5 Å². The molecule has 10 heteroatoms. The number of hydrogen-bond donors (Lipinski definition) is 1. The van der Waals surface area contributed by atoms with Gasteiger partial charge in [0.15, 0.2) is 0 Å². The maximum atomic E-state index is 13.7. The highest BCUT2D eigenvalue weighted by molar-refractivity contribution is 7.92. The molecule has 40 heavy (non-hydrogen) atoms. The van der Waals surface area contributed by atoms with E-state index in [-0.39, 0.29) is 43.8 Å². The summed E-state index contributed by atoms with van der Waals surface area (Å²) >= 11 is 0. The Balaban J connectivity index is 1.79. The first-order valence-corrected chi connectivity index (χ1v) is 15.9. The molecule has 1 aliphatic carbocycles. The number of amides is 2. The first-order chi connectivity index (χ1) is 19.2. The van der Waals surface area contributed by atoms with Gasteiger partial charge in [0.2, 0.25) is 21.8 Å². The molecule has 9 nitrogen and oxygen atoms in total. The van der Waals surface area contributed by atoms with Crippen molar-refractivity contribution < 1.29 is 27.5 Å². The van der Waals surface area contributed by atoms with Crippen molar-refractivity contribution >= 4 is 27.5 Å². The lowest BCUT2D eigenvalue weighted by Gasteiger charge is -2.33. The van der Waals surface area contributed by atoms with E-state index in [2.05, 4.69) is 5.32 Å². The van der Waals surface area contributed by atoms with E-state index in [1.807, 2.05) is 31.2 Å². The van der Waals surface area contributed by atoms with Crippen molar-refractivity contribution in [2.24, 2.45) is 0 Å². The largest absolute Gasteiger partial charge is 0.497 e. The second-order valence-corrected chi connectivity index (χ2v) is 12.2. The quantitative estimate of drug-likeness (QED) is 0.357. The molecule has 0 aliphatic heterocycles. The number of carbonyl (C=O) groups is 2. The Kier molecular flexibility index (Phi) is 11.7. The van der Waals surface area contributed by atoms with Crippen LogP contribution in [0.25, 0.3) is 0 Å². The number of sulfonamides is 1. The number of ether oxygens (including phenoxy) is 2. The Morgan fingerprint density at radius 2 is 1.75 bits per heavy atom. The smallest absolute Gasteiger partial charge is 0.243 e. The summed E-state index contributed by atoms with van der Waals surface area (Å²) in [6.07, 6.45) is 7.24. The fraction of sp³-hybridized carbons (Fsp3) is 0.533. The SMILES string of the molecule is CC[C@@H](C(=O)NC1CCCCC1)N(Cc1cccc(OC)c1)C(=O)CCCN(c1ccccc1OC)S(C)(=O)=O. The summed E-state index contributed by atoms with van der Waals surface area (Å²) in [6, 6.07) is 13.8. The fourth-order valence-corrected chi connectivity index (χ4v) is 6.22. The number of nitrogens with zero attached hydrogens (tertiary/aromatic N) is 2. The number of para-hydroxylation sites is 2. The third kappa shape index (κ3) is 8.61. The zero-order valence-corrected chi connectivity index (χ0v) is 24.9. The van der Waals surface area contributed by atoms with Crippen LogP contribution < -0.4 is 19.1 Å². The number of benzene rings is 2. The predicted octanol–water partition coefficient (Wildman–Crippen LogP) is 4.51. The minimum Gasteiger partial charge on any atom is -0.497 e. The average molecular weight is 574 g/mol. The standard InChI is InChI=1S/C30H43N3O6S/c1-5-26(30(35)31-24-14-7-6-8-15-24)32(22-23-13-11-16-25(21-23)38-2)29(34)19-12-20-33(40(4,36)37)27-17-9-10-18-28(27)39-3/h9-11,13,16-18,21,24,26H,5-8,12,14-15,19-20,22H2,1-4H3,(H,31,35)/t26-/m0/s1. The number of methoxy groups -OCH3 is 2. The van der Waals surface area contributed by atoms with Crippen LogP contribution in [-0.2, 0) is 26.2 Å². The molecular weight excluding hydrogens is 530 g/mol. The van der Waals surface area contributed by atoms with Gasteiger partial charge in [-0.1, -0.05) is 50.5 Å². The number of anilines is 1. The first kappa shape index (κ1) is 31.3. The van der Waals surface area contributed by atoms with Gasteiger partial charge in [0.25, 0.3) is 0 Å². The van der Waals surface area contributed by atoms with Crippen LogP contribution in [0.15, 0.2) is 48.5 Å². The summed E-state index contributed by atoms with van der Waals surface area (Å²) in [4.78, 5) is 28.8. The van der Waals surface area contributed by atoms with E-state index in [1.165, 1.54) is 17.8 Å². The molecule has 0 spiro atoms. The van der Waals surface area contributed by atoms with E-state index in [4.69, 9.17) is 9.47 Å². The molecule has 2 aromatic rings. The highest BCUT2D eigenvalue weighted by Crippen LogP contribution is 2.30. The Morgan fingerprint density at radius 3 is 2.40 bits per heavy atom. The van der Waals surface area contributed by atoms with Gasteiger partial charge in [-0.3, -0.25) is 13.9 Å². The Labute approximate surface area is 238 Å². The van der Waals surface area contributed by atoms with E-state index in [9.17, 15) is 18.0 Å². The number of nitrogens with one attached hydrogen (secondary N) is 1. The van der Waals surface area contributed by atoms with Crippen LogP contribution in [0.1, 0.15) is 63.9 Å². The lowest BCUT2D eigenvalue weighted by atomic mass is 9.95. The lowest BCUT2D eigenvalue weighted by Crippen LogP contribution is -2.51. The molecule has 1 atom stereocenters. The number of carbonyl (C=O) groups excluding carboxylic acids is 2. The summed E-state index contributed by atoms with van der Waals surface area (Å²) in [5, 5.41) is 3.18. The Morgan fingerprint density at radius 1 is 1.02 bits per heavy atom. The minimum absolute atomic E-state index is 0.0817. The van der Waals surface area contributed by atoms with Gasteiger partial charge in [-0.25, -0.2) is 8.42 Å². The molecule has 3 rings (SSSR count). The zero-order valence-electron chi connectivity index (χ0n) is 24.1. The van der Waals surface area contributed by atoms with Gasteiger partial charge >= 0.3 is 0 Å². The first-order valence-electron chi connectivity index (χ1n) is 14.0. The second-order valence-electron chi connectivity index (χ2n) is 10.3. The fourth-order valence-electron chi connectivity index (χ4n) is 5.25. The summed E-state index contributed by atoms with van der Waals surface area (Å²) in [6.45, 7) is 2.25. The van der Waals surface area contributed by atoms with Crippen molar-refractivity contribution in [2.75, 3.05) is 31.3 Å². The van der Waals surface area contributed by atoms with E-state index < -0.39 is 16.1 Å². The van der Waals surface area contributed by atoms with Gasteiger partial charge in [-0.05, 0) is 55.5 Å². The van der Waals surface area contributed by atoms with Crippen LogP contribution >= 0.6 is 0 Å². The topological polar surface area (TPSA) is 105 Å². The molecule has 0 radical (unpaired) electrons. The minimum atomic E-state index is -3.63. The van der Waals surface area contributed by atoms with Crippen molar-refractivity contribution in [2.45, 2.75) is 76.9 Å². The summed E-state index contributed by atoms with van der Waals surface area (Å²) in [7, 11) is -0.550. The summed E-state index contributed by atoms with van der Waals surface area (Å²) < 4.78 is 37.3. The van der Waals surface area contributed by atoms with Crippen molar-refractivity contribution in [1.82, 2.24) is 10.2 Å². The molecule has 0 unspecified atom stereocenters. The van der Waals surface area contributed by atoms with Crippen LogP contribution in [0, 0.1) is 0 Å². The highest BCUT2D eigenvalue weighted by atomic mass is 32.2. The molecule has 2 aromatic carbocycles. The molecule has 0 bridgehead atoms. The van der Waals surface area contributed by atoms with Crippen molar-refractivity contribution in [3.63, 3.8) is 0 Å². The molecular formula is C30H43N3O6S. The van der Waals surface area contributed by atoms with E-state index >= 15 is 0 Å².